The van der Waals surface area contributed by atoms with E-state index < -0.39 is 5.82 Å². The monoisotopic (exact) mass is 406 g/mol. The summed E-state index contributed by atoms with van der Waals surface area (Å²) in [6.45, 7) is -0.131. The number of nitrogens with one attached hydrogen (secondary N) is 1. The highest BCUT2D eigenvalue weighted by molar-refractivity contribution is 7.99. The van der Waals surface area contributed by atoms with Gasteiger partial charge in [-0.15, -0.1) is 11.8 Å². The van der Waals surface area contributed by atoms with Crippen LogP contribution >= 0.6 is 11.8 Å². The lowest BCUT2D eigenvalue weighted by molar-refractivity contribution is -0.121. The number of halogens is 1. The molecule has 0 aliphatic carbocycles. The molecule has 146 valence electrons. The first-order valence-corrected chi connectivity index (χ1v) is 10.1. The number of para-hydroxylation sites is 1. The fourth-order valence-corrected chi connectivity index (χ4v) is 4.60. The molecule has 0 radical (unpaired) electrons. The number of amides is 2. The fraction of sp³-hybridized carbons (Fsp3) is 0.130. The van der Waals surface area contributed by atoms with Crippen LogP contribution in [0.4, 0.5) is 15.8 Å². The summed E-state index contributed by atoms with van der Waals surface area (Å²) in [7, 11) is 0. The van der Waals surface area contributed by atoms with Gasteiger partial charge in [-0.1, -0.05) is 48.5 Å². The minimum Gasteiger partial charge on any atom is -0.324 e. The average Bonchev–Trinajstić information content (AvgIpc) is 2.85. The minimum atomic E-state index is -0.430. The summed E-state index contributed by atoms with van der Waals surface area (Å²) in [5, 5.41) is 2.64. The number of thioether (sulfide) groups is 1. The molecule has 1 N–H and O–H groups in total. The summed E-state index contributed by atoms with van der Waals surface area (Å²) in [6, 6.07) is 23.2. The topological polar surface area (TPSA) is 49.4 Å². The SMILES string of the molecule is O=C(CN1C(=O)C[C@H](c2ccccc2)Sc2ccccc21)Nc1cccc(F)c1. The summed E-state index contributed by atoms with van der Waals surface area (Å²) < 4.78 is 13.4. The van der Waals surface area contributed by atoms with Gasteiger partial charge in [0.1, 0.15) is 12.4 Å². The van der Waals surface area contributed by atoms with Gasteiger partial charge < -0.3 is 10.2 Å². The zero-order chi connectivity index (χ0) is 20.2. The van der Waals surface area contributed by atoms with Crippen LogP contribution in [0.5, 0.6) is 0 Å². The van der Waals surface area contributed by atoms with E-state index in [0.29, 0.717) is 5.69 Å². The van der Waals surface area contributed by atoms with Gasteiger partial charge in [0.2, 0.25) is 11.8 Å². The fourth-order valence-electron chi connectivity index (χ4n) is 3.32. The first-order chi connectivity index (χ1) is 14.1. The maximum Gasteiger partial charge on any atom is 0.244 e. The van der Waals surface area contributed by atoms with Gasteiger partial charge in [0.05, 0.1) is 5.69 Å². The van der Waals surface area contributed by atoms with E-state index in [4.69, 9.17) is 0 Å². The van der Waals surface area contributed by atoms with Crippen LogP contribution in [0.3, 0.4) is 0 Å². The molecular formula is C23H19FN2O2S. The third-order valence-corrected chi connectivity index (χ3v) is 5.99. The van der Waals surface area contributed by atoms with Crippen molar-refractivity contribution in [1.29, 1.82) is 0 Å². The minimum absolute atomic E-state index is 0.0267. The molecule has 1 heterocycles. The van der Waals surface area contributed by atoms with Crippen molar-refractivity contribution in [3.63, 3.8) is 0 Å². The number of benzene rings is 3. The molecule has 3 aromatic rings. The van der Waals surface area contributed by atoms with Crippen molar-refractivity contribution in [1.82, 2.24) is 0 Å². The number of carbonyl (C=O) groups excluding carboxylic acids is 2. The molecule has 29 heavy (non-hydrogen) atoms. The lowest BCUT2D eigenvalue weighted by Crippen LogP contribution is -2.38. The molecule has 0 bridgehead atoms. The van der Waals surface area contributed by atoms with Crippen molar-refractivity contribution in [2.75, 3.05) is 16.8 Å². The second-order valence-electron chi connectivity index (χ2n) is 6.73. The molecule has 0 saturated heterocycles. The summed E-state index contributed by atoms with van der Waals surface area (Å²) in [5.41, 5.74) is 2.16. The van der Waals surface area contributed by atoms with Crippen LogP contribution in [0.2, 0.25) is 0 Å². The third-order valence-electron chi connectivity index (χ3n) is 4.67. The van der Waals surface area contributed by atoms with E-state index in [1.807, 2.05) is 54.6 Å². The van der Waals surface area contributed by atoms with Crippen LogP contribution in [0, 0.1) is 5.82 Å². The number of anilines is 2. The Morgan fingerprint density at radius 2 is 1.79 bits per heavy atom. The van der Waals surface area contributed by atoms with E-state index >= 15 is 0 Å². The van der Waals surface area contributed by atoms with Crippen molar-refractivity contribution in [2.24, 2.45) is 0 Å². The standard InChI is InChI=1S/C23H19FN2O2S/c24-17-9-6-10-18(13-17)25-22(27)15-26-19-11-4-5-12-20(19)29-21(14-23(26)28)16-7-2-1-3-8-16/h1-13,21H,14-15H2,(H,25,27)/t21-/m1/s1. The number of fused-ring (bicyclic) bond motifs is 1. The Kier molecular flexibility index (Phi) is 5.62. The van der Waals surface area contributed by atoms with Crippen molar-refractivity contribution >= 4 is 35.0 Å². The molecule has 1 aliphatic heterocycles. The third kappa shape index (κ3) is 4.49. The Bertz CT molecular complexity index is 1040. The molecule has 0 saturated carbocycles. The van der Waals surface area contributed by atoms with Gasteiger partial charge in [-0.3, -0.25) is 9.59 Å². The second kappa shape index (κ2) is 8.49. The normalized spacial score (nSPS) is 16.1. The van der Waals surface area contributed by atoms with Crippen LogP contribution in [0.15, 0.2) is 83.8 Å². The van der Waals surface area contributed by atoms with Crippen LogP contribution in [0.1, 0.15) is 17.2 Å². The maximum atomic E-state index is 13.4. The predicted octanol–water partition coefficient (Wildman–Crippen LogP) is 5.03. The van der Waals surface area contributed by atoms with Gasteiger partial charge in [0.25, 0.3) is 0 Å². The van der Waals surface area contributed by atoms with E-state index in [1.165, 1.54) is 23.1 Å². The van der Waals surface area contributed by atoms with Crippen molar-refractivity contribution < 1.29 is 14.0 Å². The molecule has 4 nitrogen and oxygen atoms in total. The quantitative estimate of drug-likeness (QED) is 0.661. The Balaban J connectivity index is 1.58. The summed E-state index contributed by atoms with van der Waals surface area (Å²) >= 11 is 1.63. The van der Waals surface area contributed by atoms with E-state index in [-0.39, 0.29) is 30.0 Å². The first kappa shape index (κ1) is 19.2. The van der Waals surface area contributed by atoms with Crippen molar-refractivity contribution in [3.8, 4) is 0 Å². The van der Waals surface area contributed by atoms with Gasteiger partial charge in [0, 0.05) is 22.3 Å². The molecular weight excluding hydrogens is 387 g/mol. The van der Waals surface area contributed by atoms with Gasteiger partial charge in [-0.2, -0.15) is 0 Å². The summed E-state index contributed by atoms with van der Waals surface area (Å²) in [5.74, 6) is -0.922. The smallest absolute Gasteiger partial charge is 0.244 e. The van der Waals surface area contributed by atoms with Gasteiger partial charge in [-0.25, -0.2) is 4.39 Å². The molecule has 1 atom stereocenters. The Labute approximate surface area is 172 Å². The number of hydrogen-bond acceptors (Lipinski definition) is 3. The molecule has 0 fully saturated rings. The molecule has 0 spiro atoms. The Morgan fingerprint density at radius 1 is 1.03 bits per heavy atom. The van der Waals surface area contributed by atoms with Crippen molar-refractivity contribution in [2.45, 2.75) is 16.6 Å². The summed E-state index contributed by atoms with van der Waals surface area (Å²) in [4.78, 5) is 28.1. The first-order valence-electron chi connectivity index (χ1n) is 9.26. The van der Waals surface area contributed by atoms with Crippen LogP contribution in [-0.4, -0.2) is 18.4 Å². The molecule has 1 aliphatic rings. The highest BCUT2D eigenvalue weighted by atomic mass is 32.2. The van der Waals surface area contributed by atoms with E-state index in [0.717, 1.165) is 16.1 Å². The van der Waals surface area contributed by atoms with Crippen molar-refractivity contribution in [3.05, 3.63) is 90.2 Å². The number of hydrogen-bond donors (Lipinski definition) is 1. The highest BCUT2D eigenvalue weighted by Gasteiger charge is 2.30. The number of carbonyl (C=O) groups is 2. The van der Waals surface area contributed by atoms with E-state index in [2.05, 4.69) is 5.32 Å². The van der Waals surface area contributed by atoms with E-state index in [1.54, 1.807) is 17.8 Å². The predicted molar refractivity (Wildman–Crippen MR) is 113 cm³/mol. The van der Waals surface area contributed by atoms with Crippen LogP contribution in [0.25, 0.3) is 0 Å². The lowest BCUT2D eigenvalue weighted by atomic mass is 10.1. The zero-order valence-corrected chi connectivity index (χ0v) is 16.4. The second-order valence-corrected chi connectivity index (χ2v) is 7.97. The number of nitrogens with zero attached hydrogens (tertiary/aromatic N) is 1. The largest absolute Gasteiger partial charge is 0.324 e. The highest BCUT2D eigenvalue weighted by Crippen LogP contribution is 2.45. The van der Waals surface area contributed by atoms with Crippen LogP contribution in [-0.2, 0) is 9.59 Å². The Morgan fingerprint density at radius 3 is 2.59 bits per heavy atom. The zero-order valence-electron chi connectivity index (χ0n) is 15.5. The number of rotatable bonds is 4. The molecule has 3 aromatic carbocycles. The van der Waals surface area contributed by atoms with Gasteiger partial charge >= 0.3 is 0 Å². The lowest BCUT2D eigenvalue weighted by Gasteiger charge is -2.22. The maximum absolute atomic E-state index is 13.4. The van der Waals surface area contributed by atoms with Crippen LogP contribution < -0.4 is 10.2 Å². The molecule has 2 amide bonds. The Hall–Kier alpha value is -3.12. The molecule has 0 unspecified atom stereocenters. The van der Waals surface area contributed by atoms with Gasteiger partial charge in [0.15, 0.2) is 0 Å². The van der Waals surface area contributed by atoms with E-state index in [9.17, 15) is 14.0 Å². The average molecular weight is 406 g/mol. The summed E-state index contributed by atoms with van der Waals surface area (Å²) in [6.07, 6.45) is 0.288. The molecule has 6 heteroatoms. The molecule has 4 rings (SSSR count). The van der Waals surface area contributed by atoms with Gasteiger partial charge in [-0.05, 0) is 35.9 Å². The molecule has 0 aromatic heterocycles.